The highest BCUT2D eigenvalue weighted by molar-refractivity contribution is 7.89. The van der Waals surface area contributed by atoms with Gasteiger partial charge in [-0.1, -0.05) is 49.6 Å². The Kier molecular flexibility index (Phi) is 7.86. The minimum atomic E-state index is -4.28. The Morgan fingerprint density at radius 2 is 1.90 bits per heavy atom. The van der Waals surface area contributed by atoms with Gasteiger partial charge >= 0.3 is 5.97 Å². The average Bonchev–Trinajstić information content (AvgIpc) is 2.66. The first kappa shape index (κ1) is 23.7. The van der Waals surface area contributed by atoms with Crippen molar-refractivity contribution in [3.05, 3.63) is 41.5 Å². The Bertz CT molecular complexity index is 1020. The third-order valence-electron chi connectivity index (χ3n) is 4.82. The van der Waals surface area contributed by atoms with E-state index >= 15 is 0 Å². The Morgan fingerprint density at radius 1 is 1.20 bits per heavy atom. The summed E-state index contributed by atoms with van der Waals surface area (Å²) >= 11 is 0. The van der Waals surface area contributed by atoms with E-state index in [4.69, 9.17) is 0 Å². The van der Waals surface area contributed by atoms with Crippen molar-refractivity contribution in [2.24, 2.45) is 0 Å². The van der Waals surface area contributed by atoms with Gasteiger partial charge in [-0.05, 0) is 43.9 Å². The zero-order chi connectivity index (χ0) is 22.5. The molecule has 0 heterocycles. The summed E-state index contributed by atoms with van der Waals surface area (Å²) in [5.41, 5.74) is 1.70. The smallest absolute Gasteiger partial charge is 0.323 e. The number of hydrogen-bond donors (Lipinski definition) is 3. The molecule has 0 saturated carbocycles. The van der Waals surface area contributed by atoms with Gasteiger partial charge in [-0.2, -0.15) is 4.72 Å². The van der Waals surface area contributed by atoms with Gasteiger partial charge in [0.1, 0.15) is 22.4 Å². The first-order valence-corrected chi connectivity index (χ1v) is 11.4. The highest BCUT2D eigenvalue weighted by Gasteiger charge is 2.30. The molecule has 164 valence electrons. The Balaban J connectivity index is 2.67. The molecule has 1 unspecified atom stereocenters. The fourth-order valence-corrected chi connectivity index (χ4v) is 4.88. The molecule has 2 aromatic carbocycles. The van der Waals surface area contributed by atoms with Gasteiger partial charge in [-0.3, -0.25) is 4.79 Å². The highest BCUT2D eigenvalue weighted by atomic mass is 32.2. The fourth-order valence-electron chi connectivity index (χ4n) is 3.34. The number of benzene rings is 2. The number of aryl methyl sites for hydroxylation is 2. The van der Waals surface area contributed by atoms with Crippen LogP contribution in [-0.4, -0.2) is 37.8 Å². The molecule has 8 heteroatoms. The van der Waals surface area contributed by atoms with Crippen molar-refractivity contribution in [3.63, 3.8) is 0 Å². The average molecular weight is 436 g/mol. The van der Waals surface area contributed by atoms with E-state index in [-0.39, 0.29) is 16.2 Å². The molecule has 0 spiro atoms. The number of phenols is 2. The van der Waals surface area contributed by atoms with E-state index < -0.39 is 27.8 Å². The van der Waals surface area contributed by atoms with Crippen molar-refractivity contribution >= 4 is 16.0 Å². The topological polar surface area (TPSA) is 113 Å². The maximum Gasteiger partial charge on any atom is 0.323 e. The fraction of sp³-hybridized carbons (Fsp3) is 0.409. The van der Waals surface area contributed by atoms with Crippen LogP contribution in [0.15, 0.2) is 35.2 Å². The van der Waals surface area contributed by atoms with Gasteiger partial charge in [0.15, 0.2) is 0 Å². The summed E-state index contributed by atoms with van der Waals surface area (Å²) in [6.45, 7) is 5.24. The number of carbonyl (C=O) groups is 1. The van der Waals surface area contributed by atoms with Crippen LogP contribution in [0.4, 0.5) is 0 Å². The third-order valence-corrected chi connectivity index (χ3v) is 6.48. The van der Waals surface area contributed by atoms with Gasteiger partial charge in [-0.25, -0.2) is 8.42 Å². The summed E-state index contributed by atoms with van der Waals surface area (Å²) in [5.74, 6) is -1.50. The second-order valence-corrected chi connectivity index (χ2v) is 8.95. The third kappa shape index (κ3) is 5.31. The predicted molar refractivity (Wildman–Crippen MR) is 115 cm³/mol. The molecule has 2 rings (SSSR count). The Hall–Kier alpha value is -2.58. The minimum absolute atomic E-state index is 0.0315. The SMILES string of the molecule is CCCCCc1cc(O)c(-c2cccc(C)c2)c(O)c1S(=O)(=O)NC(C)C(=O)OC. The van der Waals surface area contributed by atoms with E-state index in [1.807, 2.05) is 19.9 Å². The van der Waals surface area contributed by atoms with E-state index in [1.54, 1.807) is 18.2 Å². The van der Waals surface area contributed by atoms with Crippen molar-refractivity contribution in [3.8, 4) is 22.6 Å². The first-order valence-electron chi connectivity index (χ1n) is 9.87. The van der Waals surface area contributed by atoms with Crippen molar-refractivity contribution in [1.29, 1.82) is 0 Å². The lowest BCUT2D eigenvalue weighted by atomic mass is 9.97. The number of sulfonamides is 1. The van der Waals surface area contributed by atoms with Crippen molar-refractivity contribution in [2.45, 2.75) is 57.4 Å². The van der Waals surface area contributed by atoms with Gasteiger partial charge in [0.05, 0.1) is 12.7 Å². The van der Waals surface area contributed by atoms with Crippen LogP contribution in [0.5, 0.6) is 11.5 Å². The van der Waals surface area contributed by atoms with Crippen LogP contribution in [0.2, 0.25) is 0 Å². The van der Waals surface area contributed by atoms with Gasteiger partial charge in [-0.15, -0.1) is 0 Å². The Morgan fingerprint density at radius 3 is 2.50 bits per heavy atom. The molecule has 0 radical (unpaired) electrons. The second-order valence-electron chi connectivity index (χ2n) is 7.30. The van der Waals surface area contributed by atoms with E-state index in [0.29, 0.717) is 24.0 Å². The highest BCUT2D eigenvalue weighted by Crippen LogP contribution is 2.44. The van der Waals surface area contributed by atoms with Crippen LogP contribution in [-0.2, 0) is 26.0 Å². The number of unbranched alkanes of at least 4 members (excludes halogenated alkanes) is 2. The number of aromatic hydroxyl groups is 2. The maximum absolute atomic E-state index is 13.1. The number of rotatable bonds is 9. The van der Waals surface area contributed by atoms with E-state index in [0.717, 1.165) is 25.5 Å². The number of hydrogen-bond acceptors (Lipinski definition) is 6. The largest absolute Gasteiger partial charge is 0.507 e. The quantitative estimate of drug-likeness (QED) is 0.409. The molecule has 0 amide bonds. The molecule has 0 fully saturated rings. The molecule has 0 bridgehead atoms. The number of methoxy groups -OCH3 is 1. The molecule has 7 nitrogen and oxygen atoms in total. The number of esters is 1. The van der Waals surface area contributed by atoms with Gasteiger partial charge in [0, 0.05) is 0 Å². The van der Waals surface area contributed by atoms with Gasteiger partial charge in [0.2, 0.25) is 10.0 Å². The van der Waals surface area contributed by atoms with E-state index in [9.17, 15) is 23.4 Å². The summed E-state index contributed by atoms with van der Waals surface area (Å²) in [6, 6.07) is 7.27. The number of ether oxygens (including phenoxy) is 1. The lowest BCUT2D eigenvalue weighted by Gasteiger charge is -2.19. The van der Waals surface area contributed by atoms with Crippen LogP contribution in [0, 0.1) is 6.92 Å². The molecule has 30 heavy (non-hydrogen) atoms. The van der Waals surface area contributed by atoms with Crippen LogP contribution >= 0.6 is 0 Å². The van der Waals surface area contributed by atoms with E-state index in [1.165, 1.54) is 13.0 Å². The molecule has 0 aromatic heterocycles. The molecule has 0 aliphatic carbocycles. The zero-order valence-electron chi connectivity index (χ0n) is 17.7. The van der Waals surface area contributed by atoms with Crippen LogP contribution in [0.25, 0.3) is 11.1 Å². The summed E-state index contributed by atoms with van der Waals surface area (Å²) in [6.07, 6.45) is 2.84. The number of nitrogens with one attached hydrogen (secondary N) is 1. The van der Waals surface area contributed by atoms with E-state index in [2.05, 4.69) is 9.46 Å². The van der Waals surface area contributed by atoms with Crippen LogP contribution in [0.1, 0.15) is 44.2 Å². The van der Waals surface area contributed by atoms with Gasteiger partial charge < -0.3 is 14.9 Å². The van der Waals surface area contributed by atoms with Crippen molar-refractivity contribution < 1.29 is 28.2 Å². The molecule has 0 aliphatic heterocycles. The van der Waals surface area contributed by atoms with Crippen molar-refractivity contribution in [2.75, 3.05) is 7.11 Å². The second kappa shape index (κ2) is 9.95. The standard InChI is InChI=1S/C22H29NO6S/c1-5-6-7-10-17-13-18(24)19(16-11-8-9-14(2)12-16)20(25)21(17)30(27,28)23-15(3)22(26)29-4/h8-9,11-13,15,23-25H,5-7,10H2,1-4H3. The molecule has 1 atom stereocenters. The lowest BCUT2D eigenvalue weighted by Crippen LogP contribution is -2.39. The van der Waals surface area contributed by atoms with Gasteiger partial charge in [0.25, 0.3) is 0 Å². The zero-order valence-corrected chi connectivity index (χ0v) is 18.5. The molecule has 2 aromatic rings. The normalized spacial score (nSPS) is 12.5. The first-order chi connectivity index (χ1) is 14.1. The van der Waals surface area contributed by atoms with Crippen LogP contribution < -0.4 is 4.72 Å². The Labute approximate surface area is 177 Å². The minimum Gasteiger partial charge on any atom is -0.507 e. The summed E-state index contributed by atoms with van der Waals surface area (Å²) in [4.78, 5) is 11.4. The molecule has 3 N–H and O–H groups in total. The number of carbonyl (C=O) groups excluding carboxylic acids is 1. The van der Waals surface area contributed by atoms with Crippen LogP contribution in [0.3, 0.4) is 0 Å². The lowest BCUT2D eigenvalue weighted by molar-refractivity contribution is -0.142. The molecule has 0 saturated heterocycles. The molecular weight excluding hydrogens is 406 g/mol. The predicted octanol–water partition coefficient (Wildman–Crippen LogP) is 3.65. The summed E-state index contributed by atoms with van der Waals surface area (Å²) in [7, 11) is -3.12. The molecule has 0 aliphatic rings. The van der Waals surface area contributed by atoms with Crippen molar-refractivity contribution in [1.82, 2.24) is 4.72 Å². The monoisotopic (exact) mass is 435 g/mol. The maximum atomic E-state index is 13.1. The number of phenolic OH excluding ortho intramolecular Hbond substituents is 2. The molecular formula is C22H29NO6S. The summed E-state index contributed by atoms with van der Waals surface area (Å²) in [5, 5.41) is 21.6. The summed E-state index contributed by atoms with van der Waals surface area (Å²) < 4.78 is 33.1.